The minimum Gasteiger partial charge on any atom is -0.497 e. The summed E-state index contributed by atoms with van der Waals surface area (Å²) in [6.45, 7) is 3.52. The maximum Gasteiger partial charge on any atom is 0.394 e. The fourth-order valence-corrected chi connectivity index (χ4v) is 1.73. The molecule has 0 aliphatic rings. The normalized spacial score (nSPS) is 10.8. The minimum atomic E-state index is -4.67. The lowest BCUT2D eigenvalue weighted by molar-refractivity contribution is 0.117. The number of ether oxygens (including phenoxy) is 2. The first kappa shape index (κ1) is 22.2. The Balaban J connectivity index is 0.000000841. The van der Waals surface area contributed by atoms with Gasteiger partial charge in [0.25, 0.3) is 0 Å². The Morgan fingerprint density at radius 2 is 1.74 bits per heavy atom. The first-order chi connectivity index (χ1) is 10.9. The molecule has 1 aromatic rings. The molecule has 1 aromatic carbocycles. The highest BCUT2D eigenvalue weighted by Gasteiger charge is 1.95. The minimum absolute atomic E-state index is 0.675. The maximum atomic E-state index is 8.74. The van der Waals surface area contributed by atoms with Gasteiger partial charge in [0.2, 0.25) is 0 Å². The third-order valence-electron chi connectivity index (χ3n) is 2.61. The van der Waals surface area contributed by atoms with Gasteiger partial charge in [-0.15, -0.1) is 0 Å². The molecule has 0 aromatic heterocycles. The molecule has 0 saturated carbocycles. The highest BCUT2D eigenvalue weighted by atomic mass is 32.3. The van der Waals surface area contributed by atoms with E-state index in [1.54, 1.807) is 7.11 Å². The lowest BCUT2D eigenvalue weighted by atomic mass is 10.2. The van der Waals surface area contributed by atoms with Crippen LogP contribution < -0.4 is 10.1 Å². The summed E-state index contributed by atoms with van der Waals surface area (Å²) in [5, 5.41) is 3.31. The van der Waals surface area contributed by atoms with Crippen LogP contribution in [0.3, 0.4) is 0 Å². The lowest BCUT2D eigenvalue weighted by Crippen LogP contribution is -2.18. The van der Waals surface area contributed by atoms with Crippen molar-refractivity contribution < 1.29 is 27.0 Å². The van der Waals surface area contributed by atoms with Gasteiger partial charge >= 0.3 is 10.4 Å². The second-order valence-corrected chi connectivity index (χ2v) is 5.87. The first-order valence-electron chi connectivity index (χ1n) is 7.09. The summed E-state index contributed by atoms with van der Waals surface area (Å²) >= 11 is 4.14. The van der Waals surface area contributed by atoms with Gasteiger partial charge in [-0.25, -0.2) is 0 Å². The zero-order valence-electron chi connectivity index (χ0n) is 13.1. The fraction of sp³-hybridized carbons (Fsp3) is 0.571. The second-order valence-electron chi connectivity index (χ2n) is 4.53. The van der Waals surface area contributed by atoms with Gasteiger partial charge in [0, 0.05) is 18.9 Å². The van der Waals surface area contributed by atoms with Gasteiger partial charge in [-0.05, 0) is 37.1 Å². The Labute approximate surface area is 143 Å². The van der Waals surface area contributed by atoms with Crippen LogP contribution in [0.2, 0.25) is 0 Å². The molecule has 3 N–H and O–H groups in total. The smallest absolute Gasteiger partial charge is 0.394 e. The van der Waals surface area contributed by atoms with Crippen molar-refractivity contribution in [1.29, 1.82) is 0 Å². The van der Waals surface area contributed by atoms with Crippen LogP contribution in [0.1, 0.15) is 18.4 Å². The quantitative estimate of drug-likeness (QED) is 0.284. The highest BCUT2D eigenvalue weighted by Crippen LogP contribution is 2.11. The van der Waals surface area contributed by atoms with Crippen molar-refractivity contribution in [3.8, 4) is 5.75 Å². The van der Waals surface area contributed by atoms with Crippen LogP contribution in [0.25, 0.3) is 0 Å². The van der Waals surface area contributed by atoms with E-state index < -0.39 is 10.4 Å². The number of unbranched alkanes of at least 4 members (excludes halogenated alkanes) is 1. The number of benzene rings is 1. The van der Waals surface area contributed by atoms with E-state index in [1.807, 2.05) is 24.3 Å². The summed E-state index contributed by atoms with van der Waals surface area (Å²) in [6.07, 6.45) is 2.24. The average Bonchev–Trinajstić information content (AvgIpc) is 2.49. The summed E-state index contributed by atoms with van der Waals surface area (Å²) in [6, 6.07) is 7.99. The van der Waals surface area contributed by atoms with Crippen LogP contribution in [-0.2, 0) is 21.7 Å². The summed E-state index contributed by atoms with van der Waals surface area (Å²) in [5.41, 5.74) is 1.18. The number of hydrogen-bond acceptors (Lipinski definition) is 6. The van der Waals surface area contributed by atoms with Gasteiger partial charge in [-0.2, -0.15) is 21.0 Å². The van der Waals surface area contributed by atoms with Crippen molar-refractivity contribution in [2.45, 2.75) is 19.4 Å². The topological polar surface area (TPSA) is 105 Å². The van der Waals surface area contributed by atoms with Crippen molar-refractivity contribution in [3.63, 3.8) is 0 Å². The summed E-state index contributed by atoms with van der Waals surface area (Å²) < 4.78 is 42.3. The highest BCUT2D eigenvalue weighted by molar-refractivity contribution is 7.80. The number of nitrogens with one attached hydrogen (secondary N) is 1. The van der Waals surface area contributed by atoms with E-state index in [-0.39, 0.29) is 0 Å². The standard InChI is InChI=1S/C14H23NO2S.H2O4S/c1-16-14-6-4-13(5-7-14)12-17-10-3-2-8-15-9-11-18;1-5(2,3)4/h4-7,15,18H,2-3,8-12H2,1H3;(H2,1,2,3,4). The molecule has 7 nitrogen and oxygen atoms in total. The number of rotatable bonds is 10. The van der Waals surface area contributed by atoms with Crippen LogP contribution in [0.5, 0.6) is 5.75 Å². The predicted molar refractivity (Wildman–Crippen MR) is 92.8 cm³/mol. The predicted octanol–water partition coefficient (Wildman–Crippen LogP) is 1.86. The molecule has 0 amide bonds. The molecule has 0 aliphatic carbocycles. The molecule has 0 radical (unpaired) electrons. The van der Waals surface area contributed by atoms with Gasteiger partial charge in [-0.3, -0.25) is 9.11 Å². The molecule has 0 unspecified atom stereocenters. The largest absolute Gasteiger partial charge is 0.497 e. The molecule has 1 rings (SSSR count). The fourth-order valence-electron chi connectivity index (χ4n) is 1.57. The van der Waals surface area contributed by atoms with E-state index in [0.29, 0.717) is 6.61 Å². The molecule has 0 saturated heterocycles. The van der Waals surface area contributed by atoms with Crippen LogP contribution >= 0.6 is 12.6 Å². The lowest BCUT2D eigenvalue weighted by Gasteiger charge is -2.06. The molecule has 0 aliphatic heterocycles. The number of methoxy groups -OCH3 is 1. The summed E-state index contributed by atoms with van der Waals surface area (Å²) in [7, 11) is -2.99. The SMILES string of the molecule is COc1ccc(COCCCCNCCS)cc1.O=S(=O)(O)O. The van der Waals surface area contributed by atoms with Crippen LogP contribution in [0.15, 0.2) is 24.3 Å². The molecule has 0 bridgehead atoms. The molecule has 0 heterocycles. The Morgan fingerprint density at radius 3 is 2.26 bits per heavy atom. The van der Waals surface area contributed by atoms with Gasteiger partial charge in [0.15, 0.2) is 0 Å². The molecular formula is C14H25NO6S2. The zero-order chi connectivity index (χ0) is 17.6. The Kier molecular flexibility index (Phi) is 13.1. The Hall–Kier alpha value is -0.840. The number of thiol groups is 1. The third kappa shape index (κ3) is 17.3. The maximum absolute atomic E-state index is 8.74. The van der Waals surface area contributed by atoms with Crippen molar-refractivity contribution >= 4 is 23.0 Å². The molecule has 134 valence electrons. The molecular weight excluding hydrogens is 342 g/mol. The molecule has 0 fully saturated rings. The summed E-state index contributed by atoms with van der Waals surface area (Å²) in [5.74, 6) is 1.78. The van der Waals surface area contributed by atoms with Gasteiger partial charge in [0.05, 0.1) is 13.7 Å². The first-order valence-corrected chi connectivity index (χ1v) is 9.12. The van der Waals surface area contributed by atoms with E-state index in [2.05, 4.69) is 17.9 Å². The number of hydrogen-bond donors (Lipinski definition) is 4. The third-order valence-corrected chi connectivity index (χ3v) is 2.83. The summed E-state index contributed by atoms with van der Waals surface area (Å²) in [4.78, 5) is 0. The van der Waals surface area contributed by atoms with Crippen LogP contribution in [-0.4, -0.2) is 50.1 Å². The van der Waals surface area contributed by atoms with Crippen molar-refractivity contribution in [3.05, 3.63) is 29.8 Å². The van der Waals surface area contributed by atoms with E-state index in [0.717, 1.165) is 44.0 Å². The molecule has 0 spiro atoms. The van der Waals surface area contributed by atoms with Crippen molar-refractivity contribution in [2.24, 2.45) is 0 Å². The van der Waals surface area contributed by atoms with Crippen LogP contribution in [0.4, 0.5) is 0 Å². The second kappa shape index (κ2) is 13.6. The van der Waals surface area contributed by atoms with E-state index in [1.165, 1.54) is 5.56 Å². The van der Waals surface area contributed by atoms with Gasteiger partial charge in [-0.1, -0.05) is 12.1 Å². The molecule has 23 heavy (non-hydrogen) atoms. The monoisotopic (exact) mass is 367 g/mol. The zero-order valence-corrected chi connectivity index (χ0v) is 14.9. The molecule has 0 atom stereocenters. The van der Waals surface area contributed by atoms with Crippen LogP contribution in [0, 0.1) is 0 Å². The van der Waals surface area contributed by atoms with Gasteiger partial charge < -0.3 is 14.8 Å². The Morgan fingerprint density at radius 1 is 1.13 bits per heavy atom. The molecule has 9 heteroatoms. The van der Waals surface area contributed by atoms with Crippen molar-refractivity contribution in [2.75, 3.05) is 32.6 Å². The van der Waals surface area contributed by atoms with E-state index in [9.17, 15) is 0 Å². The average molecular weight is 367 g/mol. The van der Waals surface area contributed by atoms with Gasteiger partial charge in [0.1, 0.15) is 5.75 Å². The van der Waals surface area contributed by atoms with Crippen molar-refractivity contribution in [1.82, 2.24) is 5.32 Å². The Bertz CT molecular complexity index is 484. The van der Waals surface area contributed by atoms with E-state index >= 15 is 0 Å². The van der Waals surface area contributed by atoms with E-state index in [4.69, 9.17) is 27.0 Å².